The average molecular weight is 232 g/mol. The lowest BCUT2D eigenvalue weighted by atomic mass is 10.2. The summed E-state index contributed by atoms with van der Waals surface area (Å²) in [6, 6.07) is 7.74. The molecule has 0 bridgehead atoms. The summed E-state index contributed by atoms with van der Waals surface area (Å²) in [6.45, 7) is 3.99. The SMILES string of the molecule is CCOc1ncccc1CNCc1ccco1. The molecule has 2 aromatic rings. The zero-order valence-corrected chi connectivity index (χ0v) is 9.85. The van der Waals surface area contributed by atoms with Crippen molar-refractivity contribution in [2.75, 3.05) is 6.61 Å². The zero-order chi connectivity index (χ0) is 11.9. The first-order valence-corrected chi connectivity index (χ1v) is 5.70. The van der Waals surface area contributed by atoms with E-state index >= 15 is 0 Å². The third-order valence-electron chi connectivity index (χ3n) is 2.33. The summed E-state index contributed by atoms with van der Waals surface area (Å²) in [5.74, 6) is 1.62. The Morgan fingerprint density at radius 1 is 1.29 bits per heavy atom. The van der Waals surface area contributed by atoms with E-state index in [2.05, 4.69) is 10.3 Å². The van der Waals surface area contributed by atoms with Crippen LogP contribution in [-0.4, -0.2) is 11.6 Å². The molecule has 0 atom stereocenters. The number of nitrogens with zero attached hydrogens (tertiary/aromatic N) is 1. The molecule has 0 spiro atoms. The van der Waals surface area contributed by atoms with Gasteiger partial charge in [0.05, 0.1) is 19.4 Å². The Hall–Kier alpha value is -1.81. The summed E-state index contributed by atoms with van der Waals surface area (Å²) in [7, 11) is 0. The Bertz CT molecular complexity index is 440. The molecule has 0 saturated carbocycles. The van der Waals surface area contributed by atoms with Gasteiger partial charge >= 0.3 is 0 Å². The molecular weight excluding hydrogens is 216 g/mol. The van der Waals surface area contributed by atoms with Crippen molar-refractivity contribution in [3.05, 3.63) is 48.0 Å². The summed E-state index contributed by atoms with van der Waals surface area (Å²) >= 11 is 0. The lowest BCUT2D eigenvalue weighted by Crippen LogP contribution is -2.13. The topological polar surface area (TPSA) is 47.3 Å². The monoisotopic (exact) mass is 232 g/mol. The Morgan fingerprint density at radius 2 is 2.24 bits per heavy atom. The molecule has 0 amide bonds. The Kier molecular flexibility index (Phi) is 4.16. The van der Waals surface area contributed by atoms with Crippen LogP contribution in [0.4, 0.5) is 0 Å². The number of rotatable bonds is 6. The van der Waals surface area contributed by atoms with E-state index in [0.29, 0.717) is 25.6 Å². The van der Waals surface area contributed by atoms with Crippen LogP contribution in [0.15, 0.2) is 41.1 Å². The maximum Gasteiger partial charge on any atom is 0.217 e. The summed E-state index contributed by atoms with van der Waals surface area (Å²) in [5, 5.41) is 3.29. The van der Waals surface area contributed by atoms with Crippen LogP contribution < -0.4 is 10.1 Å². The van der Waals surface area contributed by atoms with Gasteiger partial charge in [-0.15, -0.1) is 0 Å². The summed E-state index contributed by atoms with van der Waals surface area (Å²) in [4.78, 5) is 4.20. The van der Waals surface area contributed by atoms with Gasteiger partial charge in [0.25, 0.3) is 0 Å². The fourth-order valence-corrected chi connectivity index (χ4v) is 1.56. The number of nitrogens with one attached hydrogen (secondary N) is 1. The first-order chi connectivity index (χ1) is 8.40. The minimum Gasteiger partial charge on any atom is -0.478 e. The summed E-state index contributed by atoms with van der Waals surface area (Å²) in [6.07, 6.45) is 3.41. The van der Waals surface area contributed by atoms with Crippen LogP contribution in [0.25, 0.3) is 0 Å². The molecule has 0 aromatic carbocycles. The normalized spacial score (nSPS) is 10.4. The highest BCUT2D eigenvalue weighted by Crippen LogP contribution is 2.13. The van der Waals surface area contributed by atoms with E-state index in [4.69, 9.17) is 9.15 Å². The van der Waals surface area contributed by atoms with Crippen molar-refractivity contribution in [3.63, 3.8) is 0 Å². The number of furan rings is 1. The minimum absolute atomic E-state index is 0.627. The molecule has 90 valence electrons. The van der Waals surface area contributed by atoms with Gasteiger partial charge in [-0.05, 0) is 25.1 Å². The van der Waals surface area contributed by atoms with E-state index in [9.17, 15) is 0 Å². The first kappa shape index (κ1) is 11.7. The second-order valence-corrected chi connectivity index (χ2v) is 3.58. The highest BCUT2D eigenvalue weighted by Gasteiger charge is 2.03. The lowest BCUT2D eigenvalue weighted by molar-refractivity contribution is 0.321. The lowest BCUT2D eigenvalue weighted by Gasteiger charge is -2.08. The molecule has 2 rings (SSSR count). The zero-order valence-electron chi connectivity index (χ0n) is 9.85. The standard InChI is InChI=1S/C13H16N2O2/c1-2-16-13-11(5-3-7-15-13)9-14-10-12-6-4-8-17-12/h3-8,14H,2,9-10H2,1H3. The third-order valence-corrected chi connectivity index (χ3v) is 2.33. The fraction of sp³-hybridized carbons (Fsp3) is 0.308. The maximum atomic E-state index is 5.45. The highest BCUT2D eigenvalue weighted by molar-refractivity contribution is 5.25. The van der Waals surface area contributed by atoms with Crippen LogP contribution in [0.3, 0.4) is 0 Å². The largest absolute Gasteiger partial charge is 0.478 e. The number of hydrogen-bond acceptors (Lipinski definition) is 4. The van der Waals surface area contributed by atoms with Gasteiger partial charge < -0.3 is 14.5 Å². The van der Waals surface area contributed by atoms with Crippen molar-refractivity contribution in [2.24, 2.45) is 0 Å². The number of ether oxygens (including phenoxy) is 1. The summed E-state index contributed by atoms with van der Waals surface area (Å²) in [5.41, 5.74) is 1.06. The molecule has 1 N–H and O–H groups in total. The Morgan fingerprint density at radius 3 is 3.00 bits per heavy atom. The molecule has 2 heterocycles. The van der Waals surface area contributed by atoms with E-state index in [-0.39, 0.29) is 0 Å². The molecular formula is C13H16N2O2. The molecule has 0 saturated heterocycles. The quantitative estimate of drug-likeness (QED) is 0.830. The van der Waals surface area contributed by atoms with Crippen molar-refractivity contribution in [2.45, 2.75) is 20.0 Å². The predicted molar refractivity (Wildman–Crippen MR) is 64.7 cm³/mol. The number of pyridine rings is 1. The van der Waals surface area contributed by atoms with E-state index in [1.807, 2.05) is 31.2 Å². The van der Waals surface area contributed by atoms with E-state index in [0.717, 1.165) is 11.3 Å². The highest BCUT2D eigenvalue weighted by atomic mass is 16.5. The van der Waals surface area contributed by atoms with Gasteiger partial charge in [-0.1, -0.05) is 6.07 Å². The molecule has 0 aliphatic rings. The van der Waals surface area contributed by atoms with Crippen molar-refractivity contribution < 1.29 is 9.15 Å². The van der Waals surface area contributed by atoms with E-state index in [1.54, 1.807) is 12.5 Å². The van der Waals surface area contributed by atoms with E-state index in [1.165, 1.54) is 0 Å². The Balaban J connectivity index is 1.89. The second-order valence-electron chi connectivity index (χ2n) is 3.58. The molecule has 2 aromatic heterocycles. The van der Waals surface area contributed by atoms with Crippen molar-refractivity contribution in [3.8, 4) is 5.88 Å². The second kappa shape index (κ2) is 6.06. The molecule has 4 nitrogen and oxygen atoms in total. The van der Waals surface area contributed by atoms with Crippen LogP contribution in [0.2, 0.25) is 0 Å². The van der Waals surface area contributed by atoms with Crippen LogP contribution >= 0.6 is 0 Å². The predicted octanol–water partition coefficient (Wildman–Crippen LogP) is 2.36. The van der Waals surface area contributed by atoms with Gasteiger partial charge in [0.2, 0.25) is 5.88 Å². The third kappa shape index (κ3) is 3.32. The molecule has 0 unspecified atom stereocenters. The van der Waals surface area contributed by atoms with Crippen LogP contribution in [-0.2, 0) is 13.1 Å². The van der Waals surface area contributed by atoms with Crippen LogP contribution in [0, 0.1) is 0 Å². The van der Waals surface area contributed by atoms with Gasteiger partial charge in [0.1, 0.15) is 5.76 Å². The summed E-state index contributed by atoms with van der Waals surface area (Å²) < 4.78 is 10.7. The van der Waals surface area contributed by atoms with Crippen molar-refractivity contribution in [1.29, 1.82) is 0 Å². The van der Waals surface area contributed by atoms with Crippen LogP contribution in [0.5, 0.6) is 5.88 Å². The molecule has 0 radical (unpaired) electrons. The fourth-order valence-electron chi connectivity index (χ4n) is 1.56. The average Bonchev–Trinajstić information content (AvgIpc) is 2.85. The van der Waals surface area contributed by atoms with Gasteiger partial charge in [0.15, 0.2) is 0 Å². The van der Waals surface area contributed by atoms with Gasteiger partial charge in [-0.2, -0.15) is 0 Å². The smallest absolute Gasteiger partial charge is 0.217 e. The van der Waals surface area contributed by atoms with Crippen molar-refractivity contribution in [1.82, 2.24) is 10.3 Å². The number of hydrogen-bond donors (Lipinski definition) is 1. The van der Waals surface area contributed by atoms with Gasteiger partial charge in [0, 0.05) is 18.3 Å². The molecule has 0 aliphatic heterocycles. The van der Waals surface area contributed by atoms with E-state index < -0.39 is 0 Å². The van der Waals surface area contributed by atoms with Crippen LogP contribution in [0.1, 0.15) is 18.2 Å². The molecule has 17 heavy (non-hydrogen) atoms. The molecule has 4 heteroatoms. The Labute approximate surface area is 101 Å². The molecule has 0 aliphatic carbocycles. The maximum absolute atomic E-state index is 5.45. The van der Waals surface area contributed by atoms with Gasteiger partial charge in [-0.25, -0.2) is 4.98 Å². The first-order valence-electron chi connectivity index (χ1n) is 5.70. The van der Waals surface area contributed by atoms with Crippen molar-refractivity contribution >= 4 is 0 Å². The minimum atomic E-state index is 0.627. The van der Waals surface area contributed by atoms with Gasteiger partial charge in [-0.3, -0.25) is 0 Å². The number of aromatic nitrogens is 1. The molecule has 0 fully saturated rings.